The first-order valence-electron chi connectivity index (χ1n) is 7.11. The summed E-state index contributed by atoms with van der Waals surface area (Å²) in [6.07, 6.45) is 4.36. The van der Waals surface area contributed by atoms with E-state index in [-0.39, 0.29) is 5.91 Å². The highest BCUT2D eigenvalue weighted by Gasteiger charge is 2.37. The van der Waals surface area contributed by atoms with E-state index in [1.54, 1.807) is 11.0 Å². The standard InChI is InChI=1S/C16H19ClN2O/c1-3-4-5-6-9-19-14(10-18)12-7-8-13(17)11(2)15(12)16(19)20/h7-8,14H,3-6,9H2,1-2H3. The summed E-state index contributed by atoms with van der Waals surface area (Å²) >= 11 is 6.09. The highest BCUT2D eigenvalue weighted by Crippen LogP contribution is 2.37. The third kappa shape index (κ3) is 2.53. The number of hydrogen-bond donors (Lipinski definition) is 0. The second kappa shape index (κ2) is 6.28. The topological polar surface area (TPSA) is 44.1 Å². The van der Waals surface area contributed by atoms with Gasteiger partial charge in [0.25, 0.3) is 5.91 Å². The first-order chi connectivity index (χ1) is 9.61. The number of benzene rings is 1. The molecule has 1 atom stereocenters. The van der Waals surface area contributed by atoms with Crippen molar-refractivity contribution in [2.45, 2.75) is 45.6 Å². The molecule has 2 rings (SSSR count). The fraction of sp³-hybridized carbons (Fsp3) is 0.500. The smallest absolute Gasteiger partial charge is 0.255 e. The number of rotatable bonds is 5. The van der Waals surface area contributed by atoms with Gasteiger partial charge in [-0.2, -0.15) is 5.26 Å². The van der Waals surface area contributed by atoms with Crippen molar-refractivity contribution < 1.29 is 4.79 Å². The molecule has 0 fully saturated rings. The van der Waals surface area contributed by atoms with E-state index in [0.29, 0.717) is 17.1 Å². The van der Waals surface area contributed by atoms with Crippen molar-refractivity contribution in [3.8, 4) is 6.07 Å². The predicted octanol–water partition coefficient (Wildman–Crippen LogP) is 4.25. The maximum Gasteiger partial charge on any atom is 0.255 e. The monoisotopic (exact) mass is 290 g/mol. The molecule has 106 valence electrons. The lowest BCUT2D eigenvalue weighted by Gasteiger charge is -2.19. The van der Waals surface area contributed by atoms with Gasteiger partial charge in [0, 0.05) is 17.1 Å². The summed E-state index contributed by atoms with van der Waals surface area (Å²) < 4.78 is 0. The summed E-state index contributed by atoms with van der Waals surface area (Å²) in [6, 6.07) is 5.37. The van der Waals surface area contributed by atoms with Crippen molar-refractivity contribution in [1.82, 2.24) is 4.90 Å². The van der Waals surface area contributed by atoms with Crippen LogP contribution in [0.15, 0.2) is 12.1 Å². The Morgan fingerprint density at radius 1 is 1.35 bits per heavy atom. The SMILES string of the molecule is CCCCCCN1C(=O)c2c(ccc(Cl)c2C)C1C#N. The summed E-state index contributed by atoms with van der Waals surface area (Å²) in [5, 5.41) is 9.97. The van der Waals surface area contributed by atoms with Crippen molar-refractivity contribution in [3.05, 3.63) is 33.8 Å². The summed E-state index contributed by atoms with van der Waals surface area (Å²) in [4.78, 5) is 14.2. The van der Waals surface area contributed by atoms with Crippen molar-refractivity contribution in [2.75, 3.05) is 6.54 Å². The Morgan fingerprint density at radius 3 is 2.75 bits per heavy atom. The maximum absolute atomic E-state index is 12.5. The molecule has 0 spiro atoms. The average molecular weight is 291 g/mol. The Hall–Kier alpha value is -1.53. The number of nitriles is 1. The summed E-state index contributed by atoms with van der Waals surface area (Å²) in [5.74, 6) is -0.0527. The first kappa shape index (κ1) is 14.9. The molecule has 0 bridgehead atoms. The van der Waals surface area contributed by atoms with Crippen LogP contribution >= 0.6 is 11.6 Å². The van der Waals surface area contributed by atoms with Gasteiger partial charge in [0.05, 0.1) is 11.6 Å². The zero-order valence-electron chi connectivity index (χ0n) is 11.9. The third-order valence-electron chi connectivity index (χ3n) is 3.89. The molecule has 1 aliphatic heterocycles. The largest absolute Gasteiger partial charge is 0.318 e. The highest BCUT2D eigenvalue weighted by molar-refractivity contribution is 6.32. The third-order valence-corrected chi connectivity index (χ3v) is 4.30. The van der Waals surface area contributed by atoms with Crippen LogP contribution in [0.25, 0.3) is 0 Å². The molecular formula is C16H19ClN2O. The maximum atomic E-state index is 12.5. The summed E-state index contributed by atoms with van der Waals surface area (Å²) in [5.41, 5.74) is 2.21. The van der Waals surface area contributed by atoms with Crippen molar-refractivity contribution in [3.63, 3.8) is 0 Å². The van der Waals surface area contributed by atoms with Gasteiger partial charge in [-0.1, -0.05) is 43.9 Å². The molecule has 1 aromatic rings. The number of amides is 1. The lowest BCUT2D eigenvalue weighted by molar-refractivity contribution is 0.0754. The van der Waals surface area contributed by atoms with Crippen LogP contribution in [0.3, 0.4) is 0 Å². The molecule has 0 radical (unpaired) electrons. The molecule has 4 heteroatoms. The minimum absolute atomic E-state index is 0.0527. The number of carbonyl (C=O) groups excluding carboxylic acids is 1. The molecule has 20 heavy (non-hydrogen) atoms. The van der Waals surface area contributed by atoms with E-state index in [4.69, 9.17) is 11.6 Å². The summed E-state index contributed by atoms with van der Waals surface area (Å²) in [6.45, 7) is 4.64. The van der Waals surface area contributed by atoms with E-state index in [2.05, 4.69) is 13.0 Å². The molecule has 1 amide bonds. The van der Waals surface area contributed by atoms with Crippen molar-refractivity contribution >= 4 is 17.5 Å². The normalized spacial score (nSPS) is 17.2. The molecule has 1 aliphatic rings. The minimum atomic E-state index is -0.463. The zero-order valence-corrected chi connectivity index (χ0v) is 12.7. The fourth-order valence-electron chi connectivity index (χ4n) is 2.73. The van der Waals surface area contributed by atoms with Gasteiger partial charge >= 0.3 is 0 Å². The molecular weight excluding hydrogens is 272 g/mol. The fourth-order valence-corrected chi connectivity index (χ4v) is 2.88. The minimum Gasteiger partial charge on any atom is -0.318 e. The highest BCUT2D eigenvalue weighted by atomic mass is 35.5. The Labute approximate surface area is 125 Å². The van der Waals surface area contributed by atoms with Crippen LogP contribution in [0.5, 0.6) is 0 Å². The second-order valence-electron chi connectivity index (χ2n) is 5.23. The lowest BCUT2D eigenvalue weighted by atomic mass is 10.0. The zero-order chi connectivity index (χ0) is 14.7. The Kier molecular flexibility index (Phi) is 4.67. The molecule has 1 aromatic carbocycles. The lowest BCUT2D eigenvalue weighted by Crippen LogP contribution is -2.28. The van der Waals surface area contributed by atoms with Crippen LogP contribution in [-0.4, -0.2) is 17.4 Å². The predicted molar refractivity (Wildman–Crippen MR) is 79.7 cm³/mol. The molecule has 0 N–H and O–H groups in total. The van der Waals surface area contributed by atoms with E-state index in [9.17, 15) is 10.1 Å². The number of unbranched alkanes of at least 4 members (excludes halogenated alkanes) is 3. The number of nitrogens with zero attached hydrogens (tertiary/aromatic N) is 2. The summed E-state index contributed by atoms with van der Waals surface area (Å²) in [7, 11) is 0. The van der Waals surface area contributed by atoms with Crippen LogP contribution in [0.2, 0.25) is 5.02 Å². The van der Waals surface area contributed by atoms with Crippen LogP contribution in [0.1, 0.15) is 60.1 Å². The molecule has 0 aromatic heterocycles. The van der Waals surface area contributed by atoms with Crippen LogP contribution in [-0.2, 0) is 0 Å². The van der Waals surface area contributed by atoms with E-state index >= 15 is 0 Å². The molecule has 3 nitrogen and oxygen atoms in total. The van der Waals surface area contributed by atoms with Gasteiger partial charge in [0.15, 0.2) is 0 Å². The van der Waals surface area contributed by atoms with E-state index < -0.39 is 6.04 Å². The molecule has 1 unspecified atom stereocenters. The number of carbonyl (C=O) groups is 1. The Morgan fingerprint density at radius 2 is 2.10 bits per heavy atom. The van der Waals surface area contributed by atoms with Gasteiger partial charge in [-0.15, -0.1) is 0 Å². The van der Waals surface area contributed by atoms with Gasteiger partial charge in [0.1, 0.15) is 6.04 Å². The quantitative estimate of drug-likeness (QED) is 0.761. The van der Waals surface area contributed by atoms with Gasteiger partial charge in [0.2, 0.25) is 0 Å². The Balaban J connectivity index is 2.24. The van der Waals surface area contributed by atoms with Gasteiger partial charge < -0.3 is 4.90 Å². The van der Waals surface area contributed by atoms with Crippen LogP contribution < -0.4 is 0 Å². The molecule has 0 saturated heterocycles. The van der Waals surface area contributed by atoms with Crippen LogP contribution in [0, 0.1) is 18.3 Å². The van der Waals surface area contributed by atoms with E-state index in [1.165, 1.54) is 0 Å². The molecule has 0 saturated carbocycles. The number of hydrogen-bond acceptors (Lipinski definition) is 2. The van der Waals surface area contributed by atoms with Gasteiger partial charge in [-0.05, 0) is 25.0 Å². The number of fused-ring (bicyclic) bond motifs is 1. The second-order valence-corrected chi connectivity index (χ2v) is 5.63. The van der Waals surface area contributed by atoms with E-state index in [0.717, 1.165) is 36.8 Å². The molecule has 0 aliphatic carbocycles. The average Bonchev–Trinajstić information content (AvgIpc) is 2.72. The van der Waals surface area contributed by atoms with Gasteiger partial charge in [-0.25, -0.2) is 0 Å². The van der Waals surface area contributed by atoms with Gasteiger partial charge in [-0.3, -0.25) is 4.79 Å². The van der Waals surface area contributed by atoms with E-state index in [1.807, 2.05) is 13.0 Å². The first-order valence-corrected chi connectivity index (χ1v) is 7.49. The van der Waals surface area contributed by atoms with Crippen LogP contribution in [0.4, 0.5) is 0 Å². The van der Waals surface area contributed by atoms with Crippen molar-refractivity contribution in [2.24, 2.45) is 0 Å². The van der Waals surface area contributed by atoms with Crippen molar-refractivity contribution in [1.29, 1.82) is 5.26 Å². The Bertz CT molecular complexity index is 562. The molecule has 1 heterocycles. The number of halogens is 1.